The highest BCUT2D eigenvalue weighted by molar-refractivity contribution is 7.73. The van der Waals surface area contributed by atoms with Crippen molar-refractivity contribution < 1.29 is 4.79 Å². The van der Waals surface area contributed by atoms with Crippen molar-refractivity contribution in [1.29, 1.82) is 0 Å². The van der Waals surface area contributed by atoms with Crippen LogP contribution in [-0.2, 0) is 17.8 Å². The van der Waals surface area contributed by atoms with Gasteiger partial charge in [0.25, 0.3) is 0 Å². The Morgan fingerprint density at radius 3 is 2.68 bits per heavy atom. The fraction of sp³-hybridized carbons (Fsp3) is 0.231. The number of rotatable bonds is 4. The van der Waals surface area contributed by atoms with Crippen LogP contribution in [-0.4, -0.2) is 10.9 Å². The van der Waals surface area contributed by atoms with Crippen LogP contribution in [0, 0.1) is 10.9 Å². The Bertz CT molecular complexity index is 631. The number of aryl methyl sites for hydroxylation is 1. The maximum atomic E-state index is 11.8. The first kappa shape index (κ1) is 14.2. The normalized spacial score (nSPS) is 10.4. The van der Waals surface area contributed by atoms with E-state index in [0.717, 1.165) is 16.1 Å². The molecule has 6 heteroatoms. The first-order valence-corrected chi connectivity index (χ1v) is 7.34. The average molecular weight is 313 g/mol. The van der Waals surface area contributed by atoms with Gasteiger partial charge in [0, 0.05) is 22.1 Å². The SMILES string of the molecule is Cc1[nH]c(=S)sc1CC(=O)NCc1ccc(Cl)cc1. The highest BCUT2D eigenvalue weighted by Crippen LogP contribution is 2.15. The van der Waals surface area contributed by atoms with Crippen LogP contribution in [0.3, 0.4) is 0 Å². The predicted molar refractivity (Wildman–Crippen MR) is 81.2 cm³/mol. The molecule has 0 aliphatic rings. The fourth-order valence-corrected chi connectivity index (χ4v) is 3.03. The maximum Gasteiger partial charge on any atom is 0.225 e. The summed E-state index contributed by atoms with van der Waals surface area (Å²) in [5.74, 6) is -0.0108. The molecular formula is C13H13ClN2OS2. The lowest BCUT2D eigenvalue weighted by molar-refractivity contribution is -0.120. The molecule has 0 saturated carbocycles. The molecule has 1 heterocycles. The van der Waals surface area contributed by atoms with Crippen molar-refractivity contribution in [3.63, 3.8) is 0 Å². The molecule has 0 unspecified atom stereocenters. The van der Waals surface area contributed by atoms with Gasteiger partial charge in [-0.3, -0.25) is 4.79 Å². The van der Waals surface area contributed by atoms with E-state index in [1.807, 2.05) is 31.2 Å². The summed E-state index contributed by atoms with van der Waals surface area (Å²) in [4.78, 5) is 15.9. The number of amides is 1. The molecule has 0 aliphatic heterocycles. The maximum absolute atomic E-state index is 11.8. The fourth-order valence-electron chi connectivity index (χ4n) is 1.62. The van der Waals surface area contributed by atoms with Crippen molar-refractivity contribution >= 4 is 41.1 Å². The second-order valence-corrected chi connectivity index (χ2v) is 6.35. The third-order valence-corrected chi connectivity index (χ3v) is 4.24. The van der Waals surface area contributed by atoms with E-state index in [-0.39, 0.29) is 5.91 Å². The molecule has 19 heavy (non-hydrogen) atoms. The number of benzene rings is 1. The molecule has 0 spiro atoms. The van der Waals surface area contributed by atoms with E-state index in [4.69, 9.17) is 23.8 Å². The number of aromatic amines is 1. The van der Waals surface area contributed by atoms with Crippen LogP contribution in [0.25, 0.3) is 0 Å². The Hall–Kier alpha value is -1.17. The molecule has 1 amide bonds. The number of hydrogen-bond acceptors (Lipinski definition) is 3. The second kappa shape index (κ2) is 6.32. The molecule has 2 rings (SSSR count). The summed E-state index contributed by atoms with van der Waals surface area (Å²) in [5.41, 5.74) is 1.99. The number of thiazole rings is 1. The summed E-state index contributed by atoms with van der Waals surface area (Å²) < 4.78 is 0.706. The van der Waals surface area contributed by atoms with Crippen molar-refractivity contribution in [1.82, 2.24) is 10.3 Å². The molecule has 1 aromatic heterocycles. The van der Waals surface area contributed by atoms with Crippen molar-refractivity contribution in [3.8, 4) is 0 Å². The summed E-state index contributed by atoms with van der Waals surface area (Å²) in [6, 6.07) is 7.41. The Morgan fingerprint density at radius 2 is 2.11 bits per heavy atom. The summed E-state index contributed by atoms with van der Waals surface area (Å²) >= 11 is 12.3. The Morgan fingerprint density at radius 1 is 1.42 bits per heavy atom. The number of H-pyrrole nitrogens is 1. The molecule has 0 fully saturated rings. The molecule has 0 bridgehead atoms. The molecule has 3 nitrogen and oxygen atoms in total. The van der Waals surface area contributed by atoms with Crippen LogP contribution >= 0.6 is 35.2 Å². The zero-order chi connectivity index (χ0) is 13.8. The smallest absolute Gasteiger partial charge is 0.225 e. The van der Waals surface area contributed by atoms with Crippen molar-refractivity contribution in [2.45, 2.75) is 19.9 Å². The minimum absolute atomic E-state index is 0.0108. The Labute approximate surface area is 125 Å². The Balaban J connectivity index is 1.90. The van der Waals surface area contributed by atoms with Crippen molar-refractivity contribution in [3.05, 3.63) is 49.4 Å². The highest BCUT2D eigenvalue weighted by atomic mass is 35.5. The second-order valence-electron chi connectivity index (χ2n) is 4.14. The van der Waals surface area contributed by atoms with Gasteiger partial charge in [-0.25, -0.2) is 0 Å². The zero-order valence-electron chi connectivity index (χ0n) is 10.3. The zero-order valence-corrected chi connectivity index (χ0v) is 12.7. The molecule has 0 saturated heterocycles. The Kier molecular flexibility index (Phi) is 4.74. The number of halogens is 1. The number of aromatic nitrogens is 1. The van der Waals surface area contributed by atoms with Crippen LogP contribution in [0.1, 0.15) is 16.1 Å². The van der Waals surface area contributed by atoms with Crippen LogP contribution < -0.4 is 5.32 Å². The number of hydrogen-bond donors (Lipinski definition) is 2. The van der Waals surface area contributed by atoms with Crippen LogP contribution in [0.5, 0.6) is 0 Å². The minimum atomic E-state index is -0.0108. The first-order chi connectivity index (χ1) is 9.04. The lowest BCUT2D eigenvalue weighted by Gasteiger charge is -2.05. The molecule has 0 atom stereocenters. The molecular weight excluding hydrogens is 300 g/mol. The largest absolute Gasteiger partial charge is 0.352 e. The topological polar surface area (TPSA) is 44.9 Å². The molecule has 2 aromatic rings. The van der Waals surface area contributed by atoms with Gasteiger partial charge in [0.15, 0.2) is 3.95 Å². The van der Waals surface area contributed by atoms with E-state index in [0.29, 0.717) is 21.9 Å². The van der Waals surface area contributed by atoms with Gasteiger partial charge < -0.3 is 10.3 Å². The van der Waals surface area contributed by atoms with Gasteiger partial charge in [0.2, 0.25) is 5.91 Å². The molecule has 100 valence electrons. The van der Waals surface area contributed by atoms with Crippen LogP contribution in [0.4, 0.5) is 0 Å². The standard InChI is InChI=1S/C13H13ClN2OS2/c1-8-11(19-13(18)16-8)6-12(17)15-7-9-2-4-10(14)5-3-9/h2-5H,6-7H2,1H3,(H,15,17)(H,16,18). The minimum Gasteiger partial charge on any atom is -0.352 e. The first-order valence-electron chi connectivity index (χ1n) is 5.74. The van der Waals surface area contributed by atoms with Crippen LogP contribution in [0.2, 0.25) is 5.02 Å². The quantitative estimate of drug-likeness (QED) is 0.847. The van der Waals surface area contributed by atoms with E-state index < -0.39 is 0 Å². The van der Waals surface area contributed by atoms with Crippen LogP contribution in [0.15, 0.2) is 24.3 Å². The lowest BCUT2D eigenvalue weighted by Crippen LogP contribution is -2.24. The molecule has 2 N–H and O–H groups in total. The number of carbonyl (C=O) groups is 1. The number of nitrogens with one attached hydrogen (secondary N) is 2. The highest BCUT2D eigenvalue weighted by Gasteiger charge is 2.08. The van der Waals surface area contributed by atoms with Gasteiger partial charge in [0.05, 0.1) is 6.42 Å². The van der Waals surface area contributed by atoms with Gasteiger partial charge in [-0.1, -0.05) is 23.7 Å². The third-order valence-electron chi connectivity index (χ3n) is 2.65. The summed E-state index contributed by atoms with van der Waals surface area (Å²) in [6.07, 6.45) is 0.358. The summed E-state index contributed by atoms with van der Waals surface area (Å²) in [5, 5.41) is 3.57. The van der Waals surface area contributed by atoms with E-state index in [9.17, 15) is 4.79 Å². The van der Waals surface area contributed by atoms with E-state index >= 15 is 0 Å². The summed E-state index contributed by atoms with van der Waals surface area (Å²) in [7, 11) is 0. The van der Waals surface area contributed by atoms with E-state index in [1.54, 1.807) is 0 Å². The lowest BCUT2D eigenvalue weighted by atomic mass is 10.2. The van der Waals surface area contributed by atoms with Gasteiger partial charge in [-0.05, 0) is 36.8 Å². The van der Waals surface area contributed by atoms with Crippen molar-refractivity contribution in [2.75, 3.05) is 0 Å². The van der Waals surface area contributed by atoms with Gasteiger partial charge in [-0.15, -0.1) is 11.3 Å². The molecule has 0 aliphatic carbocycles. The number of carbonyl (C=O) groups excluding carboxylic acids is 1. The summed E-state index contributed by atoms with van der Waals surface area (Å²) in [6.45, 7) is 2.43. The van der Waals surface area contributed by atoms with Gasteiger partial charge in [-0.2, -0.15) is 0 Å². The average Bonchev–Trinajstić information content (AvgIpc) is 2.67. The van der Waals surface area contributed by atoms with Gasteiger partial charge in [0.1, 0.15) is 0 Å². The molecule has 1 aromatic carbocycles. The monoisotopic (exact) mass is 312 g/mol. The van der Waals surface area contributed by atoms with Gasteiger partial charge >= 0.3 is 0 Å². The third kappa shape index (κ3) is 4.16. The predicted octanol–water partition coefficient (Wildman–Crippen LogP) is 3.63. The van der Waals surface area contributed by atoms with E-state index in [1.165, 1.54) is 11.3 Å². The van der Waals surface area contributed by atoms with E-state index in [2.05, 4.69) is 10.3 Å². The molecule has 0 radical (unpaired) electrons. The van der Waals surface area contributed by atoms with Crippen molar-refractivity contribution in [2.24, 2.45) is 0 Å².